The third kappa shape index (κ3) is 2.52. The van der Waals surface area contributed by atoms with Crippen LogP contribution in [0.3, 0.4) is 0 Å². The highest BCUT2D eigenvalue weighted by molar-refractivity contribution is 5.33. The summed E-state index contributed by atoms with van der Waals surface area (Å²) in [5.41, 5.74) is 7.34. The lowest BCUT2D eigenvalue weighted by Gasteiger charge is -2.38. The van der Waals surface area contributed by atoms with Crippen LogP contribution in [0.5, 0.6) is 5.75 Å². The van der Waals surface area contributed by atoms with Crippen LogP contribution in [-0.2, 0) is 6.54 Å². The van der Waals surface area contributed by atoms with Gasteiger partial charge in [0.05, 0.1) is 7.11 Å². The number of ether oxygens (including phenoxy) is 1. The minimum Gasteiger partial charge on any atom is -0.496 e. The van der Waals surface area contributed by atoms with E-state index in [-0.39, 0.29) is 5.54 Å². The van der Waals surface area contributed by atoms with Crippen molar-refractivity contribution in [2.45, 2.75) is 31.8 Å². The molecule has 0 saturated heterocycles. The molecule has 3 nitrogen and oxygen atoms in total. The number of nitrogens with zero attached hydrogens (tertiary/aromatic N) is 1. The van der Waals surface area contributed by atoms with Crippen LogP contribution in [0.4, 0.5) is 0 Å². The smallest absolute Gasteiger partial charge is 0.123 e. The van der Waals surface area contributed by atoms with Crippen LogP contribution in [0.25, 0.3) is 0 Å². The van der Waals surface area contributed by atoms with Gasteiger partial charge in [-0.1, -0.05) is 18.2 Å². The third-order valence-electron chi connectivity index (χ3n) is 4.34. The minimum absolute atomic E-state index is 0.112. The predicted molar refractivity (Wildman–Crippen MR) is 74.6 cm³/mol. The SMILES string of the molecule is COc1ccccc1CN(C)C(C)(CN)C1CC1. The van der Waals surface area contributed by atoms with Crippen molar-refractivity contribution in [2.75, 3.05) is 20.7 Å². The topological polar surface area (TPSA) is 38.5 Å². The van der Waals surface area contributed by atoms with Gasteiger partial charge in [0, 0.05) is 24.2 Å². The maximum Gasteiger partial charge on any atom is 0.123 e. The fourth-order valence-electron chi connectivity index (χ4n) is 2.61. The maximum absolute atomic E-state index is 6.00. The first-order valence-corrected chi connectivity index (χ1v) is 6.65. The monoisotopic (exact) mass is 248 g/mol. The van der Waals surface area contributed by atoms with E-state index >= 15 is 0 Å². The Hall–Kier alpha value is -1.06. The Labute approximate surface area is 110 Å². The van der Waals surface area contributed by atoms with Crippen molar-refractivity contribution in [3.8, 4) is 5.75 Å². The van der Waals surface area contributed by atoms with E-state index in [1.807, 2.05) is 12.1 Å². The van der Waals surface area contributed by atoms with E-state index in [0.717, 1.165) is 18.2 Å². The summed E-state index contributed by atoms with van der Waals surface area (Å²) >= 11 is 0. The molecule has 0 spiro atoms. The third-order valence-corrected chi connectivity index (χ3v) is 4.34. The number of nitrogens with two attached hydrogens (primary N) is 1. The Balaban J connectivity index is 2.12. The fourth-order valence-corrected chi connectivity index (χ4v) is 2.61. The van der Waals surface area contributed by atoms with Crippen molar-refractivity contribution in [1.29, 1.82) is 0 Å². The molecule has 1 saturated carbocycles. The summed E-state index contributed by atoms with van der Waals surface area (Å²) < 4.78 is 5.41. The van der Waals surface area contributed by atoms with E-state index in [0.29, 0.717) is 6.54 Å². The molecule has 0 radical (unpaired) electrons. The number of likely N-dealkylation sites (N-methyl/N-ethyl adjacent to an activating group) is 1. The van der Waals surface area contributed by atoms with Gasteiger partial charge in [-0.2, -0.15) is 0 Å². The summed E-state index contributed by atoms with van der Waals surface area (Å²) in [5.74, 6) is 1.71. The largest absolute Gasteiger partial charge is 0.496 e. The molecule has 100 valence electrons. The van der Waals surface area contributed by atoms with Gasteiger partial charge in [0.1, 0.15) is 5.75 Å². The first-order valence-electron chi connectivity index (χ1n) is 6.65. The first-order chi connectivity index (χ1) is 8.61. The standard InChI is InChI=1S/C15H24N2O/c1-15(11-16,13-8-9-13)17(2)10-12-6-4-5-7-14(12)18-3/h4-7,13H,8-11,16H2,1-3H3. The molecule has 1 aromatic carbocycles. The molecule has 0 amide bonds. The molecule has 1 aliphatic carbocycles. The van der Waals surface area contributed by atoms with Gasteiger partial charge >= 0.3 is 0 Å². The van der Waals surface area contributed by atoms with E-state index in [2.05, 4.69) is 31.0 Å². The zero-order valence-electron chi connectivity index (χ0n) is 11.6. The molecule has 0 bridgehead atoms. The van der Waals surface area contributed by atoms with Crippen LogP contribution >= 0.6 is 0 Å². The fraction of sp³-hybridized carbons (Fsp3) is 0.600. The summed E-state index contributed by atoms with van der Waals surface area (Å²) in [5, 5.41) is 0. The Morgan fingerprint density at radius 3 is 2.61 bits per heavy atom. The van der Waals surface area contributed by atoms with Gasteiger partial charge in [0.25, 0.3) is 0 Å². The molecule has 18 heavy (non-hydrogen) atoms. The number of hydrogen-bond acceptors (Lipinski definition) is 3. The molecule has 2 N–H and O–H groups in total. The Bertz CT molecular complexity index is 403. The first kappa shape index (κ1) is 13.4. The van der Waals surface area contributed by atoms with Crippen LogP contribution in [-0.4, -0.2) is 31.1 Å². The van der Waals surface area contributed by atoms with Crippen LogP contribution in [0, 0.1) is 5.92 Å². The summed E-state index contributed by atoms with van der Waals surface area (Å²) in [4.78, 5) is 2.38. The van der Waals surface area contributed by atoms with Crippen molar-refractivity contribution < 1.29 is 4.74 Å². The van der Waals surface area contributed by atoms with Crippen molar-refractivity contribution in [1.82, 2.24) is 4.90 Å². The predicted octanol–water partition coefficient (Wildman–Crippen LogP) is 2.25. The average molecular weight is 248 g/mol. The van der Waals surface area contributed by atoms with E-state index in [1.165, 1.54) is 18.4 Å². The maximum atomic E-state index is 6.00. The van der Waals surface area contributed by atoms with Gasteiger partial charge in [0.2, 0.25) is 0 Å². The lowest BCUT2D eigenvalue weighted by Crippen LogP contribution is -2.51. The molecule has 1 fully saturated rings. The van der Waals surface area contributed by atoms with Crippen LogP contribution in [0.1, 0.15) is 25.3 Å². The summed E-state index contributed by atoms with van der Waals surface area (Å²) in [7, 11) is 3.89. The highest BCUT2D eigenvalue weighted by Gasteiger charge is 2.43. The van der Waals surface area contributed by atoms with Crippen molar-refractivity contribution in [3.63, 3.8) is 0 Å². The van der Waals surface area contributed by atoms with E-state index < -0.39 is 0 Å². The molecule has 2 rings (SSSR count). The molecule has 1 atom stereocenters. The van der Waals surface area contributed by atoms with Crippen molar-refractivity contribution in [2.24, 2.45) is 11.7 Å². The van der Waals surface area contributed by atoms with Gasteiger partial charge in [-0.25, -0.2) is 0 Å². The highest BCUT2D eigenvalue weighted by Crippen LogP contribution is 2.42. The molecular formula is C15H24N2O. The van der Waals surface area contributed by atoms with Gasteiger partial charge in [0.15, 0.2) is 0 Å². The molecule has 1 aliphatic rings. The molecule has 0 aliphatic heterocycles. The number of hydrogen-bond donors (Lipinski definition) is 1. The van der Waals surface area contributed by atoms with Gasteiger partial charge in [-0.05, 0) is 38.8 Å². The number of para-hydroxylation sites is 1. The molecule has 0 aromatic heterocycles. The number of methoxy groups -OCH3 is 1. The summed E-state index contributed by atoms with van der Waals surface area (Å²) in [6.45, 7) is 3.87. The Morgan fingerprint density at radius 1 is 1.39 bits per heavy atom. The van der Waals surface area contributed by atoms with E-state index in [9.17, 15) is 0 Å². The van der Waals surface area contributed by atoms with Crippen LogP contribution < -0.4 is 10.5 Å². The van der Waals surface area contributed by atoms with Crippen molar-refractivity contribution >= 4 is 0 Å². The van der Waals surface area contributed by atoms with Gasteiger partial charge in [-0.3, -0.25) is 4.90 Å². The van der Waals surface area contributed by atoms with E-state index in [1.54, 1.807) is 7.11 Å². The number of benzene rings is 1. The highest BCUT2D eigenvalue weighted by atomic mass is 16.5. The summed E-state index contributed by atoms with van der Waals surface area (Å²) in [6.07, 6.45) is 2.62. The molecule has 1 unspecified atom stereocenters. The second-order valence-corrected chi connectivity index (χ2v) is 5.50. The Kier molecular flexibility index (Phi) is 3.93. The average Bonchev–Trinajstić information content (AvgIpc) is 3.23. The molecule has 0 heterocycles. The van der Waals surface area contributed by atoms with Gasteiger partial charge in [-0.15, -0.1) is 0 Å². The van der Waals surface area contributed by atoms with Crippen molar-refractivity contribution in [3.05, 3.63) is 29.8 Å². The summed E-state index contributed by atoms with van der Waals surface area (Å²) in [6, 6.07) is 8.20. The zero-order chi connectivity index (χ0) is 13.2. The Morgan fingerprint density at radius 2 is 2.06 bits per heavy atom. The second kappa shape index (κ2) is 5.29. The second-order valence-electron chi connectivity index (χ2n) is 5.50. The lowest BCUT2D eigenvalue weighted by atomic mass is 9.93. The molecular weight excluding hydrogens is 224 g/mol. The minimum atomic E-state index is 0.112. The van der Waals surface area contributed by atoms with Gasteiger partial charge < -0.3 is 10.5 Å². The zero-order valence-corrected chi connectivity index (χ0v) is 11.6. The normalized spacial score (nSPS) is 18.7. The number of rotatable bonds is 6. The molecule has 3 heteroatoms. The molecule has 1 aromatic rings. The quantitative estimate of drug-likeness (QED) is 0.839. The van der Waals surface area contributed by atoms with E-state index in [4.69, 9.17) is 10.5 Å². The van der Waals surface area contributed by atoms with Crippen LogP contribution in [0.15, 0.2) is 24.3 Å². The van der Waals surface area contributed by atoms with Crippen LogP contribution in [0.2, 0.25) is 0 Å². The lowest BCUT2D eigenvalue weighted by molar-refractivity contribution is 0.112.